The van der Waals surface area contributed by atoms with Gasteiger partial charge in [0.05, 0.1) is 0 Å². The number of rotatable bonds is 2. The molecule has 0 saturated heterocycles. The van der Waals surface area contributed by atoms with Gasteiger partial charge in [0.15, 0.2) is 0 Å². The van der Waals surface area contributed by atoms with Gasteiger partial charge in [0.1, 0.15) is 0 Å². The topological polar surface area (TPSA) is 121 Å². The predicted octanol–water partition coefficient (Wildman–Crippen LogP) is 1.10. The number of hydrogen-bond acceptors (Lipinski definition) is 2. The SMILES string of the molecule is C[CH](C)[Mo][CH](C)C.OP(O)(O)=S.OP(O)(O)=S. The van der Waals surface area contributed by atoms with E-state index in [1.54, 1.807) is 0 Å². The van der Waals surface area contributed by atoms with Gasteiger partial charge in [0.25, 0.3) is 0 Å². The molecule has 6 nitrogen and oxygen atoms in total. The Labute approximate surface area is 121 Å². The van der Waals surface area contributed by atoms with Gasteiger partial charge >= 0.3 is 68.3 Å². The molecule has 0 aromatic heterocycles. The summed E-state index contributed by atoms with van der Waals surface area (Å²) in [7, 11) is 0. The van der Waals surface area contributed by atoms with Crippen LogP contribution in [-0.4, -0.2) is 29.4 Å². The molecule has 0 aliphatic carbocycles. The van der Waals surface area contributed by atoms with Gasteiger partial charge in [-0.25, -0.2) is 0 Å². The fourth-order valence-corrected chi connectivity index (χ4v) is 3.22. The van der Waals surface area contributed by atoms with Crippen molar-refractivity contribution >= 4 is 37.1 Å². The quantitative estimate of drug-likeness (QED) is 0.296. The van der Waals surface area contributed by atoms with E-state index in [0.717, 1.165) is 8.62 Å². The van der Waals surface area contributed by atoms with Crippen molar-refractivity contribution in [3.05, 3.63) is 0 Å². The van der Waals surface area contributed by atoms with Crippen molar-refractivity contribution in [1.29, 1.82) is 0 Å². The average Bonchev–Trinajstić information content (AvgIpc) is 1.71. The Kier molecular flexibility index (Phi) is 16.2. The molecule has 0 saturated carbocycles. The van der Waals surface area contributed by atoms with Crippen LogP contribution in [0.4, 0.5) is 0 Å². The first kappa shape index (κ1) is 23.8. The van der Waals surface area contributed by atoms with Crippen LogP contribution in [0.15, 0.2) is 0 Å². The van der Waals surface area contributed by atoms with Crippen LogP contribution in [0.5, 0.6) is 0 Å². The molecule has 0 rings (SSSR count). The monoisotopic (exact) mass is 412 g/mol. The minimum absolute atomic E-state index is 0.350. The van der Waals surface area contributed by atoms with Crippen LogP contribution in [0.2, 0.25) is 8.62 Å². The van der Waals surface area contributed by atoms with E-state index in [2.05, 4.69) is 51.3 Å². The molecule has 0 unspecified atom stereocenters. The summed E-state index contributed by atoms with van der Waals surface area (Å²) in [5, 5.41) is 0. The van der Waals surface area contributed by atoms with E-state index in [9.17, 15) is 0 Å². The molecule has 0 radical (unpaired) electrons. The second kappa shape index (κ2) is 11.6. The summed E-state index contributed by atoms with van der Waals surface area (Å²) in [6.45, 7) is 1.68. The van der Waals surface area contributed by atoms with E-state index in [1.165, 1.54) is 0 Å². The van der Waals surface area contributed by atoms with E-state index in [4.69, 9.17) is 29.4 Å². The largest absolute Gasteiger partial charge is 0.325 e. The number of hydrogen-bond donors (Lipinski definition) is 6. The summed E-state index contributed by atoms with van der Waals surface area (Å²) in [5.74, 6) is 0. The van der Waals surface area contributed by atoms with Crippen LogP contribution < -0.4 is 0 Å². The maximum Gasteiger partial charge on any atom is 0.319 e. The standard InChI is InChI=1S/2C3H7.Mo.2H3O3PS/c2*1-3-2;;2*1-4(2,3)5/h2*3H,1-2H3;;2*(H3,1,2,3,5). The fraction of sp³-hybridized carbons (Fsp3) is 1.00. The molecular formula is C6H20MoO6P2S2. The molecule has 0 aliphatic rings. The Morgan fingerprint density at radius 2 is 0.824 bits per heavy atom. The molecule has 0 aliphatic heterocycles. The Balaban J connectivity index is -0.000000177. The van der Waals surface area contributed by atoms with Crippen LogP contribution in [0.3, 0.4) is 0 Å². The zero-order chi connectivity index (χ0) is 14.9. The molecule has 11 heteroatoms. The van der Waals surface area contributed by atoms with Crippen molar-refractivity contribution in [3.63, 3.8) is 0 Å². The van der Waals surface area contributed by atoms with Crippen LogP contribution in [0.1, 0.15) is 27.7 Å². The first-order valence-corrected chi connectivity index (χ1v) is 12.0. The summed E-state index contributed by atoms with van der Waals surface area (Å²) in [5.41, 5.74) is 0. The molecule has 0 heterocycles. The van der Waals surface area contributed by atoms with Gasteiger partial charge in [0.2, 0.25) is 0 Å². The average molecular weight is 410 g/mol. The minimum Gasteiger partial charge on any atom is -0.325 e. The Morgan fingerprint density at radius 3 is 0.824 bits per heavy atom. The molecule has 0 fully saturated rings. The maximum atomic E-state index is 7.56. The maximum absolute atomic E-state index is 7.56. The Morgan fingerprint density at radius 1 is 0.706 bits per heavy atom. The Bertz CT molecular complexity index is 221. The molecule has 17 heavy (non-hydrogen) atoms. The van der Waals surface area contributed by atoms with Crippen molar-refractivity contribution in [1.82, 2.24) is 0 Å². The molecule has 0 atom stereocenters. The zero-order valence-corrected chi connectivity index (χ0v) is 15.4. The van der Waals surface area contributed by atoms with Gasteiger partial charge in [-0.15, -0.1) is 0 Å². The van der Waals surface area contributed by atoms with E-state index < -0.39 is 13.4 Å². The molecule has 6 N–H and O–H groups in total. The molecule has 0 spiro atoms. The van der Waals surface area contributed by atoms with E-state index >= 15 is 0 Å². The van der Waals surface area contributed by atoms with Gasteiger partial charge in [-0.3, -0.25) is 0 Å². The molecule has 0 amide bonds. The van der Waals surface area contributed by atoms with Crippen molar-refractivity contribution in [2.24, 2.45) is 0 Å². The molecule has 108 valence electrons. The predicted molar refractivity (Wildman–Crippen MR) is 72.1 cm³/mol. The Hall–Kier alpha value is 1.75. The molecule has 0 aromatic rings. The third kappa shape index (κ3) is 133. The van der Waals surface area contributed by atoms with Gasteiger partial charge in [0, 0.05) is 0 Å². The summed E-state index contributed by atoms with van der Waals surface area (Å²) in [6, 6.07) is 0. The second-order valence-corrected chi connectivity index (χ2v) is 13.6. The van der Waals surface area contributed by atoms with E-state index in [-0.39, 0.29) is 0 Å². The summed E-state index contributed by atoms with van der Waals surface area (Å²) < 4.78 is 2.01. The van der Waals surface area contributed by atoms with Crippen molar-refractivity contribution < 1.29 is 47.9 Å². The van der Waals surface area contributed by atoms with Gasteiger partial charge < -0.3 is 29.4 Å². The zero-order valence-electron chi connectivity index (χ0n) is 9.96. The summed E-state index contributed by atoms with van der Waals surface area (Å²) >= 11 is 7.56. The minimum atomic E-state index is -3.81. The first-order valence-electron chi connectivity index (χ1n) is 4.35. The molecular weight excluding hydrogens is 390 g/mol. The summed E-state index contributed by atoms with van der Waals surface area (Å²) in [6.07, 6.45) is 0. The van der Waals surface area contributed by atoms with Crippen molar-refractivity contribution in [2.45, 2.75) is 36.3 Å². The molecule has 0 aromatic carbocycles. The third-order valence-electron chi connectivity index (χ3n) is 0.544. The van der Waals surface area contributed by atoms with Gasteiger partial charge in [-0.2, -0.15) is 0 Å². The second-order valence-electron chi connectivity index (χ2n) is 3.26. The van der Waals surface area contributed by atoms with Crippen LogP contribution in [0, 0.1) is 0 Å². The van der Waals surface area contributed by atoms with E-state index in [0.29, 0.717) is 18.6 Å². The van der Waals surface area contributed by atoms with Crippen LogP contribution in [0.25, 0.3) is 0 Å². The molecule has 0 bridgehead atoms. The third-order valence-corrected chi connectivity index (χ3v) is 3.22. The fourth-order valence-electron chi connectivity index (χ4n) is 0.544. The normalized spacial score (nSPS) is 11.5. The van der Waals surface area contributed by atoms with E-state index in [1.807, 2.05) is 0 Å². The first-order chi connectivity index (χ1) is 7.13. The van der Waals surface area contributed by atoms with Crippen molar-refractivity contribution in [2.75, 3.05) is 0 Å². The summed E-state index contributed by atoms with van der Waals surface area (Å²) in [4.78, 5) is 45.3. The van der Waals surface area contributed by atoms with Gasteiger partial charge in [-0.05, 0) is 23.6 Å². The van der Waals surface area contributed by atoms with Crippen molar-refractivity contribution in [3.8, 4) is 0 Å². The van der Waals surface area contributed by atoms with Gasteiger partial charge in [-0.1, -0.05) is 0 Å². The van der Waals surface area contributed by atoms with Crippen LogP contribution in [-0.2, 0) is 42.2 Å². The van der Waals surface area contributed by atoms with Crippen LogP contribution >= 0.6 is 13.4 Å². The smallest absolute Gasteiger partial charge is 0.319 e.